The minimum absolute atomic E-state index is 0.217. The second-order valence-electron chi connectivity index (χ2n) is 7.46. The first-order chi connectivity index (χ1) is 13.8. The minimum atomic E-state index is -1.78. The van der Waals surface area contributed by atoms with Gasteiger partial charge in [0, 0.05) is 17.7 Å². The molecule has 1 N–H and O–H groups in total. The molecule has 4 atom stereocenters. The number of carbonyl (C=O) groups is 2. The fourth-order valence-corrected chi connectivity index (χ4v) is 3.73. The predicted octanol–water partition coefficient (Wildman–Crippen LogP) is 3.53. The maximum atomic E-state index is 15.5. The van der Waals surface area contributed by atoms with E-state index in [-0.39, 0.29) is 11.7 Å². The third kappa shape index (κ3) is 3.19. The average molecular weight is 396 g/mol. The number of alkyl halides is 1. The Morgan fingerprint density at radius 3 is 2.59 bits per heavy atom. The van der Waals surface area contributed by atoms with E-state index in [0.29, 0.717) is 22.4 Å². The Morgan fingerprint density at radius 2 is 1.93 bits per heavy atom. The number of halogens is 1. The summed E-state index contributed by atoms with van der Waals surface area (Å²) in [6.45, 7) is 4.49. The van der Waals surface area contributed by atoms with Gasteiger partial charge in [0.05, 0.1) is 5.39 Å². The van der Waals surface area contributed by atoms with Crippen molar-refractivity contribution in [1.82, 2.24) is 14.5 Å². The molecule has 4 rings (SSSR count). The Bertz CT molecular complexity index is 1080. The lowest BCUT2D eigenvalue weighted by molar-refractivity contribution is -0.131. The number of hydrogen-bond acceptors (Lipinski definition) is 5. The molecule has 0 unspecified atom stereocenters. The molecule has 0 radical (unpaired) electrons. The van der Waals surface area contributed by atoms with E-state index in [2.05, 4.69) is 15.3 Å². The van der Waals surface area contributed by atoms with Crippen molar-refractivity contribution < 1.29 is 18.7 Å². The molecule has 1 aliphatic rings. The topological polar surface area (TPSA) is 86.1 Å². The number of Topliss-reactive ketones (excluding diaryl/α,β-unsaturated/α-hetero) is 1. The summed E-state index contributed by atoms with van der Waals surface area (Å²) in [7, 11) is 0. The summed E-state index contributed by atoms with van der Waals surface area (Å²) in [4.78, 5) is 32.8. The van der Waals surface area contributed by atoms with E-state index in [1.54, 1.807) is 48.0 Å². The second kappa shape index (κ2) is 7.04. The molecule has 0 aliphatic carbocycles. The molecule has 0 bridgehead atoms. The molecule has 1 amide bonds. The molecule has 0 saturated carbocycles. The number of amides is 1. The smallest absolute Gasteiger partial charge is 0.256 e. The molecular weight excluding hydrogens is 375 g/mol. The largest absolute Gasteiger partial charge is 0.343 e. The normalized spacial score (nSPS) is 26.6. The Balaban J connectivity index is 1.70. The van der Waals surface area contributed by atoms with E-state index < -0.39 is 23.9 Å². The Morgan fingerprint density at radius 1 is 1.21 bits per heavy atom. The number of ether oxygens (including phenoxy) is 1. The quantitative estimate of drug-likeness (QED) is 0.729. The van der Waals surface area contributed by atoms with Gasteiger partial charge in [-0.25, -0.2) is 14.4 Å². The molecule has 0 spiro atoms. The van der Waals surface area contributed by atoms with E-state index in [0.717, 1.165) is 0 Å². The van der Waals surface area contributed by atoms with Crippen LogP contribution in [0.1, 0.15) is 37.4 Å². The molecule has 1 aliphatic heterocycles. The molecule has 3 heterocycles. The van der Waals surface area contributed by atoms with Crippen LogP contribution < -0.4 is 5.32 Å². The van der Waals surface area contributed by atoms with Gasteiger partial charge < -0.3 is 14.6 Å². The Kier molecular flexibility index (Phi) is 4.66. The van der Waals surface area contributed by atoms with Crippen LogP contribution in [0.2, 0.25) is 0 Å². The van der Waals surface area contributed by atoms with Crippen molar-refractivity contribution in [2.75, 3.05) is 5.32 Å². The lowest BCUT2D eigenvalue weighted by Crippen LogP contribution is -2.34. The highest BCUT2D eigenvalue weighted by Gasteiger charge is 2.54. The summed E-state index contributed by atoms with van der Waals surface area (Å²) in [5.41, 5.74) is -0.873. The Labute approximate surface area is 166 Å². The van der Waals surface area contributed by atoms with Crippen LogP contribution in [0.5, 0.6) is 0 Å². The summed E-state index contributed by atoms with van der Waals surface area (Å²) in [5.74, 6) is -0.819. The van der Waals surface area contributed by atoms with E-state index in [4.69, 9.17) is 4.74 Å². The standard InChI is InChI=1S/C21H21FN4O3/c1-12-16(13(2)27)29-20(21(12,3)22)26-10-9-15-17(23-11-24-18(15)26)25-19(28)14-7-5-4-6-8-14/h4-12,16,20H,1-3H3,(H,23,24,25,28)/t12-,16+,20-,21-/m1/s1. The zero-order valence-corrected chi connectivity index (χ0v) is 16.3. The van der Waals surface area contributed by atoms with Crippen molar-refractivity contribution in [2.24, 2.45) is 5.92 Å². The van der Waals surface area contributed by atoms with Crippen molar-refractivity contribution in [3.05, 3.63) is 54.5 Å². The molecular formula is C21H21FN4O3. The summed E-state index contributed by atoms with van der Waals surface area (Å²) in [6.07, 6.45) is 1.09. The summed E-state index contributed by atoms with van der Waals surface area (Å²) < 4.78 is 22.8. The fraction of sp³-hybridized carbons (Fsp3) is 0.333. The van der Waals surface area contributed by atoms with Gasteiger partial charge >= 0.3 is 0 Å². The predicted molar refractivity (Wildman–Crippen MR) is 105 cm³/mol. The lowest BCUT2D eigenvalue weighted by atomic mass is 9.88. The lowest BCUT2D eigenvalue weighted by Gasteiger charge is -2.25. The van der Waals surface area contributed by atoms with E-state index >= 15 is 4.39 Å². The van der Waals surface area contributed by atoms with Gasteiger partial charge in [0.1, 0.15) is 23.9 Å². The van der Waals surface area contributed by atoms with Gasteiger partial charge in [-0.2, -0.15) is 0 Å². The number of benzene rings is 1. The zero-order chi connectivity index (χ0) is 20.8. The summed E-state index contributed by atoms with van der Waals surface area (Å²) in [5, 5.41) is 3.32. The number of carbonyl (C=O) groups excluding carboxylic acids is 2. The van der Waals surface area contributed by atoms with Gasteiger partial charge in [-0.05, 0) is 32.0 Å². The number of nitrogens with one attached hydrogen (secondary N) is 1. The van der Waals surface area contributed by atoms with Crippen LogP contribution >= 0.6 is 0 Å². The van der Waals surface area contributed by atoms with Gasteiger partial charge in [0.15, 0.2) is 17.7 Å². The molecule has 29 heavy (non-hydrogen) atoms. The van der Waals surface area contributed by atoms with Crippen molar-refractivity contribution in [1.29, 1.82) is 0 Å². The van der Waals surface area contributed by atoms with Crippen molar-refractivity contribution in [3.8, 4) is 0 Å². The first-order valence-electron chi connectivity index (χ1n) is 9.33. The van der Waals surface area contributed by atoms with Gasteiger partial charge in [-0.3, -0.25) is 9.59 Å². The van der Waals surface area contributed by atoms with Crippen LogP contribution in [0.3, 0.4) is 0 Å². The highest BCUT2D eigenvalue weighted by atomic mass is 19.1. The van der Waals surface area contributed by atoms with Gasteiger partial charge in [-0.1, -0.05) is 25.1 Å². The molecule has 2 aromatic heterocycles. The van der Waals surface area contributed by atoms with E-state index in [9.17, 15) is 9.59 Å². The van der Waals surface area contributed by atoms with Gasteiger partial charge in [0.2, 0.25) is 0 Å². The number of hydrogen-bond donors (Lipinski definition) is 1. The molecule has 150 valence electrons. The molecule has 1 fully saturated rings. The third-order valence-corrected chi connectivity index (χ3v) is 5.53. The molecule has 8 heteroatoms. The Hall–Kier alpha value is -3.13. The third-order valence-electron chi connectivity index (χ3n) is 5.53. The number of fused-ring (bicyclic) bond motifs is 1. The van der Waals surface area contributed by atoms with Crippen molar-refractivity contribution in [3.63, 3.8) is 0 Å². The van der Waals surface area contributed by atoms with Crippen molar-refractivity contribution in [2.45, 2.75) is 38.8 Å². The second-order valence-corrected chi connectivity index (χ2v) is 7.46. The van der Waals surface area contributed by atoms with Crippen LogP contribution in [0.4, 0.5) is 10.2 Å². The van der Waals surface area contributed by atoms with E-state index in [1.807, 2.05) is 6.07 Å². The molecule has 1 saturated heterocycles. The zero-order valence-electron chi connectivity index (χ0n) is 16.3. The SMILES string of the molecule is CC(=O)[C@H]1O[C@@H](n2ccc3c(NC(=O)c4ccccc4)ncnc32)[C@](C)(F)[C@@H]1C. The summed E-state index contributed by atoms with van der Waals surface area (Å²) >= 11 is 0. The maximum Gasteiger partial charge on any atom is 0.256 e. The molecule has 3 aromatic rings. The summed E-state index contributed by atoms with van der Waals surface area (Å²) in [6, 6.07) is 10.5. The van der Waals surface area contributed by atoms with Crippen LogP contribution in [0.25, 0.3) is 11.0 Å². The maximum absolute atomic E-state index is 15.5. The van der Waals surface area contributed by atoms with E-state index in [1.165, 1.54) is 20.2 Å². The van der Waals surface area contributed by atoms with Crippen LogP contribution in [-0.2, 0) is 9.53 Å². The number of anilines is 1. The van der Waals surface area contributed by atoms with Crippen LogP contribution in [0, 0.1) is 5.92 Å². The average Bonchev–Trinajstić information content (AvgIpc) is 3.22. The number of ketones is 1. The molecule has 1 aromatic carbocycles. The number of rotatable bonds is 4. The van der Waals surface area contributed by atoms with Crippen LogP contribution in [-0.4, -0.2) is 38.0 Å². The monoisotopic (exact) mass is 396 g/mol. The first kappa shape index (κ1) is 19.2. The minimum Gasteiger partial charge on any atom is -0.343 e. The van der Waals surface area contributed by atoms with Gasteiger partial charge in [-0.15, -0.1) is 0 Å². The highest BCUT2D eigenvalue weighted by molar-refractivity contribution is 6.07. The number of aromatic nitrogens is 3. The van der Waals surface area contributed by atoms with Crippen LogP contribution in [0.15, 0.2) is 48.9 Å². The first-order valence-corrected chi connectivity index (χ1v) is 9.33. The number of nitrogens with zero attached hydrogens (tertiary/aromatic N) is 3. The van der Waals surface area contributed by atoms with Crippen molar-refractivity contribution >= 4 is 28.5 Å². The fourth-order valence-electron chi connectivity index (χ4n) is 3.73. The van der Waals surface area contributed by atoms with Gasteiger partial charge in [0.25, 0.3) is 5.91 Å². The highest BCUT2D eigenvalue weighted by Crippen LogP contribution is 2.46. The molecule has 7 nitrogen and oxygen atoms in total.